The molecule has 5 nitrogen and oxygen atoms in total. The van der Waals surface area contributed by atoms with E-state index in [9.17, 15) is 4.79 Å². The predicted octanol–water partition coefficient (Wildman–Crippen LogP) is 4.61. The largest absolute Gasteiger partial charge is 0.484 e. The van der Waals surface area contributed by atoms with Gasteiger partial charge in [-0.15, -0.1) is 0 Å². The molecule has 0 aliphatic carbocycles. The van der Waals surface area contributed by atoms with Gasteiger partial charge in [0.2, 0.25) is 0 Å². The summed E-state index contributed by atoms with van der Waals surface area (Å²) in [5, 5.41) is 0.643. The first-order valence-corrected chi connectivity index (χ1v) is 9.76. The van der Waals surface area contributed by atoms with Crippen molar-refractivity contribution in [2.24, 2.45) is 0 Å². The second-order valence-electron chi connectivity index (χ2n) is 6.37. The molecule has 0 saturated heterocycles. The third kappa shape index (κ3) is 4.18. The molecule has 0 saturated carbocycles. The number of benzene rings is 2. The van der Waals surface area contributed by atoms with Crippen LogP contribution in [0.3, 0.4) is 0 Å². The van der Waals surface area contributed by atoms with Crippen LogP contribution in [0, 0.1) is 6.92 Å². The van der Waals surface area contributed by atoms with Crippen molar-refractivity contribution in [1.29, 1.82) is 0 Å². The zero-order valence-corrected chi connectivity index (χ0v) is 16.2. The summed E-state index contributed by atoms with van der Waals surface area (Å²) in [6.45, 7) is 2.29. The van der Waals surface area contributed by atoms with E-state index < -0.39 is 0 Å². The second-order valence-corrected chi connectivity index (χ2v) is 7.38. The highest BCUT2D eigenvalue weighted by Gasteiger charge is 2.21. The number of carbonyl (C=O) groups excluding carboxylic acids is 1. The lowest BCUT2D eigenvalue weighted by Crippen LogP contribution is -2.34. The Hall–Kier alpha value is -3.25. The van der Waals surface area contributed by atoms with Gasteiger partial charge in [0.1, 0.15) is 5.75 Å². The summed E-state index contributed by atoms with van der Waals surface area (Å²) in [4.78, 5) is 23.6. The van der Waals surface area contributed by atoms with Gasteiger partial charge in [0.25, 0.3) is 5.91 Å². The molecule has 140 valence electrons. The van der Waals surface area contributed by atoms with Crippen molar-refractivity contribution in [2.75, 3.05) is 11.5 Å². The molecule has 0 spiro atoms. The number of carbonyl (C=O) groups is 1. The van der Waals surface area contributed by atoms with Crippen LogP contribution in [0.4, 0.5) is 5.13 Å². The van der Waals surface area contributed by atoms with E-state index in [1.165, 1.54) is 11.3 Å². The minimum Gasteiger partial charge on any atom is -0.484 e. The number of aromatic nitrogens is 2. The minimum atomic E-state index is -0.162. The number of amides is 1. The molecule has 4 aromatic rings. The summed E-state index contributed by atoms with van der Waals surface area (Å²) in [6.07, 6.45) is 1.72. The summed E-state index contributed by atoms with van der Waals surface area (Å²) < 4.78 is 6.74. The molecule has 0 aliphatic rings. The zero-order chi connectivity index (χ0) is 19.3. The molecule has 6 heteroatoms. The quantitative estimate of drug-likeness (QED) is 0.483. The summed E-state index contributed by atoms with van der Waals surface area (Å²) in [6, 6.07) is 21.2. The lowest BCUT2D eigenvalue weighted by Gasteiger charge is -2.19. The Balaban J connectivity index is 1.58. The van der Waals surface area contributed by atoms with E-state index in [2.05, 4.69) is 9.97 Å². The van der Waals surface area contributed by atoms with Gasteiger partial charge in [-0.05, 0) is 43.3 Å². The molecule has 2 aromatic heterocycles. The maximum atomic E-state index is 13.0. The van der Waals surface area contributed by atoms with E-state index in [1.807, 2.05) is 73.7 Å². The first-order chi connectivity index (χ1) is 13.7. The van der Waals surface area contributed by atoms with E-state index >= 15 is 0 Å². The fraction of sp³-hybridized carbons (Fsp3) is 0.136. The van der Waals surface area contributed by atoms with Gasteiger partial charge in [-0.25, -0.2) is 4.98 Å². The van der Waals surface area contributed by atoms with Crippen LogP contribution < -0.4 is 9.64 Å². The first-order valence-electron chi connectivity index (χ1n) is 8.94. The van der Waals surface area contributed by atoms with Crippen LogP contribution >= 0.6 is 11.3 Å². The number of aryl methyl sites for hydroxylation is 1. The van der Waals surface area contributed by atoms with Crippen molar-refractivity contribution in [3.63, 3.8) is 0 Å². The number of hydrogen-bond acceptors (Lipinski definition) is 5. The molecular formula is C22H19N3O2S. The van der Waals surface area contributed by atoms with E-state index in [0.29, 0.717) is 17.4 Å². The Morgan fingerprint density at radius 3 is 2.57 bits per heavy atom. The number of hydrogen-bond donors (Lipinski definition) is 0. The molecule has 0 N–H and O–H groups in total. The van der Waals surface area contributed by atoms with Crippen molar-refractivity contribution in [3.8, 4) is 5.75 Å². The normalized spacial score (nSPS) is 10.8. The first kappa shape index (κ1) is 18.1. The van der Waals surface area contributed by atoms with Gasteiger partial charge in [0, 0.05) is 6.20 Å². The van der Waals surface area contributed by atoms with Crippen LogP contribution in [0.5, 0.6) is 5.75 Å². The Bertz CT molecular complexity index is 1040. The lowest BCUT2D eigenvalue weighted by molar-refractivity contribution is -0.120. The molecular weight excluding hydrogens is 370 g/mol. The molecule has 0 bridgehead atoms. The smallest absolute Gasteiger partial charge is 0.267 e. The number of ether oxygens (including phenoxy) is 1. The maximum Gasteiger partial charge on any atom is 0.267 e. The predicted molar refractivity (Wildman–Crippen MR) is 112 cm³/mol. The molecule has 4 rings (SSSR count). The highest BCUT2D eigenvalue weighted by Crippen LogP contribution is 2.29. The van der Waals surface area contributed by atoms with E-state index in [0.717, 1.165) is 21.5 Å². The summed E-state index contributed by atoms with van der Waals surface area (Å²) in [7, 11) is 0. The monoisotopic (exact) mass is 389 g/mol. The fourth-order valence-electron chi connectivity index (χ4n) is 2.75. The fourth-order valence-corrected chi connectivity index (χ4v) is 3.73. The Labute approximate surface area is 167 Å². The minimum absolute atomic E-state index is 0.0637. The number of nitrogens with zero attached hydrogens (tertiary/aromatic N) is 3. The second kappa shape index (κ2) is 8.19. The van der Waals surface area contributed by atoms with E-state index in [-0.39, 0.29) is 12.5 Å². The zero-order valence-electron chi connectivity index (χ0n) is 15.4. The van der Waals surface area contributed by atoms with Crippen LogP contribution in [0.2, 0.25) is 0 Å². The molecule has 0 unspecified atom stereocenters. The maximum absolute atomic E-state index is 13.0. The van der Waals surface area contributed by atoms with Crippen molar-refractivity contribution < 1.29 is 9.53 Å². The molecule has 0 fully saturated rings. The standard InChI is InChI=1S/C22H19N3O2S/c1-16-9-11-18(12-10-16)27-15-21(26)25(14-17-6-4-5-13-23-17)22-24-19-7-2-3-8-20(19)28-22/h2-13H,14-15H2,1H3. The summed E-state index contributed by atoms with van der Waals surface area (Å²) in [5.74, 6) is 0.506. The number of thiazole rings is 1. The third-order valence-electron chi connectivity index (χ3n) is 4.24. The third-order valence-corrected chi connectivity index (χ3v) is 5.30. The van der Waals surface area contributed by atoms with Gasteiger partial charge < -0.3 is 4.74 Å². The lowest BCUT2D eigenvalue weighted by atomic mass is 10.2. The molecule has 0 radical (unpaired) electrons. The van der Waals surface area contributed by atoms with Gasteiger partial charge >= 0.3 is 0 Å². The molecule has 1 amide bonds. The number of fused-ring (bicyclic) bond motifs is 1. The number of anilines is 1. The van der Waals surface area contributed by atoms with Crippen LogP contribution in [-0.2, 0) is 11.3 Å². The van der Waals surface area contributed by atoms with Gasteiger partial charge in [-0.3, -0.25) is 14.7 Å². The van der Waals surface area contributed by atoms with Crippen molar-refractivity contribution in [1.82, 2.24) is 9.97 Å². The van der Waals surface area contributed by atoms with Crippen LogP contribution in [0.15, 0.2) is 72.9 Å². The average molecular weight is 389 g/mol. The SMILES string of the molecule is Cc1ccc(OCC(=O)N(Cc2ccccn2)c2nc3ccccc3s2)cc1. The molecule has 28 heavy (non-hydrogen) atoms. The van der Waals surface area contributed by atoms with Crippen LogP contribution in [0.25, 0.3) is 10.2 Å². The van der Waals surface area contributed by atoms with Gasteiger partial charge in [0.15, 0.2) is 11.7 Å². The number of pyridine rings is 1. The highest BCUT2D eigenvalue weighted by molar-refractivity contribution is 7.22. The average Bonchev–Trinajstić information content (AvgIpc) is 3.16. The van der Waals surface area contributed by atoms with Crippen LogP contribution in [0.1, 0.15) is 11.3 Å². The van der Waals surface area contributed by atoms with E-state index in [1.54, 1.807) is 11.1 Å². The topological polar surface area (TPSA) is 55.3 Å². The van der Waals surface area contributed by atoms with E-state index in [4.69, 9.17) is 4.74 Å². The Morgan fingerprint density at radius 2 is 1.82 bits per heavy atom. The van der Waals surface area contributed by atoms with Crippen molar-refractivity contribution in [2.45, 2.75) is 13.5 Å². The van der Waals surface area contributed by atoms with Gasteiger partial charge in [-0.2, -0.15) is 0 Å². The Kier molecular flexibility index (Phi) is 5.30. The van der Waals surface area contributed by atoms with Crippen molar-refractivity contribution >= 4 is 32.6 Å². The highest BCUT2D eigenvalue weighted by atomic mass is 32.1. The molecule has 0 atom stereocenters. The molecule has 2 aromatic carbocycles. The van der Waals surface area contributed by atoms with Gasteiger partial charge in [0.05, 0.1) is 22.5 Å². The van der Waals surface area contributed by atoms with Crippen LogP contribution in [-0.4, -0.2) is 22.5 Å². The van der Waals surface area contributed by atoms with Gasteiger partial charge in [-0.1, -0.05) is 47.2 Å². The summed E-state index contributed by atoms with van der Waals surface area (Å²) >= 11 is 1.49. The number of rotatable bonds is 6. The number of para-hydroxylation sites is 1. The molecule has 0 aliphatic heterocycles. The van der Waals surface area contributed by atoms with Crippen molar-refractivity contribution in [3.05, 3.63) is 84.2 Å². The Morgan fingerprint density at radius 1 is 1.04 bits per heavy atom. The summed E-state index contributed by atoms with van der Waals surface area (Å²) in [5.41, 5.74) is 2.82. The molecule has 2 heterocycles.